The van der Waals surface area contributed by atoms with E-state index in [1.165, 1.54) is 16.0 Å². The van der Waals surface area contributed by atoms with Gasteiger partial charge in [-0.15, -0.1) is 11.3 Å². The summed E-state index contributed by atoms with van der Waals surface area (Å²) in [4.78, 5) is 16.4. The van der Waals surface area contributed by atoms with Gasteiger partial charge in [-0.2, -0.15) is 5.26 Å². The molecule has 0 spiro atoms. The molecular formula is C21H23N3OS. The Hall–Kier alpha value is -2.16. The third-order valence-corrected chi connectivity index (χ3v) is 6.57. The first kappa shape index (κ1) is 17.3. The number of thiophene rings is 1. The topological polar surface area (TPSA) is 56.1 Å². The average Bonchev–Trinajstić information content (AvgIpc) is 3.32. The largest absolute Gasteiger partial charge is 0.337 e. The van der Waals surface area contributed by atoms with Crippen LogP contribution in [0.1, 0.15) is 47.7 Å². The van der Waals surface area contributed by atoms with Crippen LogP contribution in [0.4, 0.5) is 0 Å². The average molecular weight is 366 g/mol. The van der Waals surface area contributed by atoms with Gasteiger partial charge in [0.2, 0.25) is 5.91 Å². The van der Waals surface area contributed by atoms with Crippen molar-refractivity contribution in [2.45, 2.75) is 43.7 Å². The highest BCUT2D eigenvalue weighted by Crippen LogP contribution is 2.37. The Morgan fingerprint density at radius 3 is 2.77 bits per heavy atom. The molecule has 4 nitrogen and oxygen atoms in total. The molecule has 0 unspecified atom stereocenters. The number of nitriles is 1. The number of amides is 1. The maximum atomic E-state index is 12.8. The first-order chi connectivity index (χ1) is 12.7. The lowest BCUT2D eigenvalue weighted by Gasteiger charge is -2.36. The molecule has 2 aromatic rings. The van der Waals surface area contributed by atoms with Gasteiger partial charge in [-0.3, -0.25) is 9.69 Å². The van der Waals surface area contributed by atoms with Gasteiger partial charge >= 0.3 is 0 Å². The van der Waals surface area contributed by atoms with Crippen LogP contribution >= 0.6 is 11.3 Å². The highest BCUT2D eigenvalue weighted by atomic mass is 32.1. The van der Waals surface area contributed by atoms with E-state index in [0.717, 1.165) is 38.6 Å². The number of fused-ring (bicyclic) bond motifs is 1. The number of rotatable bonds is 4. The summed E-state index contributed by atoms with van der Waals surface area (Å²) in [5, 5.41) is 14.7. The van der Waals surface area contributed by atoms with E-state index < -0.39 is 5.54 Å². The van der Waals surface area contributed by atoms with Gasteiger partial charge in [-0.05, 0) is 54.7 Å². The quantitative estimate of drug-likeness (QED) is 0.900. The lowest BCUT2D eigenvalue weighted by atomic mass is 9.93. The molecule has 5 heteroatoms. The van der Waals surface area contributed by atoms with Crippen molar-refractivity contribution in [3.63, 3.8) is 0 Å². The van der Waals surface area contributed by atoms with Gasteiger partial charge in [-0.1, -0.05) is 30.3 Å². The highest BCUT2D eigenvalue weighted by Gasteiger charge is 2.37. The fourth-order valence-corrected chi connectivity index (χ4v) is 5.20. The van der Waals surface area contributed by atoms with E-state index in [-0.39, 0.29) is 11.9 Å². The molecule has 1 saturated carbocycles. The maximum Gasteiger partial charge on any atom is 0.235 e. The molecule has 1 amide bonds. The van der Waals surface area contributed by atoms with Gasteiger partial charge in [0, 0.05) is 11.4 Å². The zero-order valence-electron chi connectivity index (χ0n) is 14.8. The van der Waals surface area contributed by atoms with Crippen LogP contribution in [0.3, 0.4) is 0 Å². The van der Waals surface area contributed by atoms with Crippen molar-refractivity contribution in [1.29, 1.82) is 5.26 Å². The SMILES string of the molecule is N#CC1(NC(=O)CN2CCc3sccc3[C@H]2c2ccccc2)CCCC1. The number of carbonyl (C=O) groups is 1. The second kappa shape index (κ2) is 7.22. The summed E-state index contributed by atoms with van der Waals surface area (Å²) in [5.74, 6) is -0.0342. The van der Waals surface area contributed by atoms with Crippen molar-refractivity contribution < 1.29 is 4.79 Å². The summed E-state index contributed by atoms with van der Waals surface area (Å²) < 4.78 is 0. The van der Waals surface area contributed by atoms with E-state index in [2.05, 4.69) is 52.0 Å². The molecule has 0 radical (unpaired) electrons. The van der Waals surface area contributed by atoms with Gasteiger partial charge in [0.1, 0.15) is 5.54 Å². The minimum atomic E-state index is -0.650. The summed E-state index contributed by atoms with van der Waals surface area (Å²) in [6.45, 7) is 1.19. The van der Waals surface area contributed by atoms with Crippen molar-refractivity contribution in [3.8, 4) is 6.07 Å². The predicted octanol–water partition coefficient (Wildman–Crippen LogP) is 3.65. The standard InChI is InChI=1S/C21H23N3OS/c22-15-21(10-4-5-11-21)23-19(25)14-24-12-8-18-17(9-13-26-18)20(24)16-6-2-1-3-7-16/h1-3,6-7,9,13,20H,4-5,8,10-12,14H2,(H,23,25)/t20-/m1/s1. The number of nitrogens with zero attached hydrogens (tertiary/aromatic N) is 2. The summed E-state index contributed by atoms with van der Waals surface area (Å²) >= 11 is 1.80. The van der Waals surface area contributed by atoms with Crippen LogP contribution in [-0.2, 0) is 11.2 Å². The fraction of sp³-hybridized carbons (Fsp3) is 0.429. The van der Waals surface area contributed by atoms with Crippen molar-refractivity contribution in [3.05, 3.63) is 57.8 Å². The van der Waals surface area contributed by atoms with Crippen LogP contribution in [0.2, 0.25) is 0 Å². The molecule has 1 aliphatic carbocycles. The first-order valence-corrected chi connectivity index (χ1v) is 10.2. The summed E-state index contributed by atoms with van der Waals surface area (Å²) in [5.41, 5.74) is 1.88. The van der Waals surface area contributed by atoms with E-state index in [1.807, 2.05) is 6.07 Å². The monoisotopic (exact) mass is 365 g/mol. The van der Waals surface area contributed by atoms with Gasteiger partial charge in [0.05, 0.1) is 18.7 Å². The molecule has 26 heavy (non-hydrogen) atoms. The number of carbonyl (C=O) groups excluding carboxylic acids is 1. The van der Waals surface area contributed by atoms with Crippen LogP contribution in [0.5, 0.6) is 0 Å². The Labute approximate surface area is 158 Å². The molecule has 0 bridgehead atoms. The zero-order valence-corrected chi connectivity index (χ0v) is 15.6. The Bertz CT molecular complexity index is 817. The second-order valence-corrected chi connectivity index (χ2v) is 8.28. The molecule has 134 valence electrons. The van der Waals surface area contributed by atoms with Crippen LogP contribution in [0, 0.1) is 11.3 Å². The minimum Gasteiger partial charge on any atom is -0.337 e. The van der Waals surface area contributed by atoms with E-state index in [9.17, 15) is 10.1 Å². The molecular weight excluding hydrogens is 342 g/mol. The number of hydrogen-bond acceptors (Lipinski definition) is 4. The molecule has 1 aromatic heterocycles. The van der Waals surface area contributed by atoms with Crippen molar-refractivity contribution >= 4 is 17.2 Å². The second-order valence-electron chi connectivity index (χ2n) is 7.28. The summed E-state index contributed by atoms with van der Waals surface area (Å²) in [6.07, 6.45) is 4.55. The lowest BCUT2D eigenvalue weighted by Crippen LogP contribution is -2.50. The molecule has 1 N–H and O–H groups in total. The number of hydrogen-bond donors (Lipinski definition) is 1. The third-order valence-electron chi connectivity index (χ3n) is 5.58. The molecule has 2 aliphatic rings. The van der Waals surface area contributed by atoms with E-state index in [4.69, 9.17) is 0 Å². The van der Waals surface area contributed by atoms with Gasteiger partial charge in [0.25, 0.3) is 0 Å². The Kier molecular flexibility index (Phi) is 4.80. The predicted molar refractivity (Wildman–Crippen MR) is 103 cm³/mol. The zero-order chi connectivity index (χ0) is 18.0. The minimum absolute atomic E-state index is 0.0342. The van der Waals surface area contributed by atoms with Crippen LogP contribution in [-0.4, -0.2) is 29.4 Å². The number of benzene rings is 1. The Morgan fingerprint density at radius 2 is 2.04 bits per heavy atom. The Morgan fingerprint density at radius 1 is 1.27 bits per heavy atom. The Balaban J connectivity index is 1.55. The maximum absolute atomic E-state index is 12.8. The van der Waals surface area contributed by atoms with Crippen LogP contribution in [0.25, 0.3) is 0 Å². The van der Waals surface area contributed by atoms with Crippen molar-refractivity contribution in [2.75, 3.05) is 13.1 Å². The summed E-state index contributed by atoms with van der Waals surface area (Å²) in [7, 11) is 0. The first-order valence-electron chi connectivity index (χ1n) is 9.28. The molecule has 2 heterocycles. The molecule has 1 aliphatic heterocycles. The number of nitrogens with one attached hydrogen (secondary N) is 1. The molecule has 1 atom stereocenters. The molecule has 1 fully saturated rings. The highest BCUT2D eigenvalue weighted by molar-refractivity contribution is 7.10. The molecule has 1 aromatic carbocycles. The lowest BCUT2D eigenvalue weighted by molar-refractivity contribution is -0.124. The van der Waals surface area contributed by atoms with Gasteiger partial charge in [0.15, 0.2) is 0 Å². The molecule has 0 saturated heterocycles. The van der Waals surface area contributed by atoms with E-state index >= 15 is 0 Å². The smallest absolute Gasteiger partial charge is 0.235 e. The normalized spacial score (nSPS) is 21.7. The van der Waals surface area contributed by atoms with Gasteiger partial charge in [-0.25, -0.2) is 0 Å². The van der Waals surface area contributed by atoms with Crippen molar-refractivity contribution in [1.82, 2.24) is 10.2 Å². The van der Waals surface area contributed by atoms with Crippen LogP contribution in [0.15, 0.2) is 41.8 Å². The van der Waals surface area contributed by atoms with Crippen molar-refractivity contribution in [2.24, 2.45) is 0 Å². The summed E-state index contributed by atoms with van der Waals surface area (Å²) in [6, 6.07) is 15.0. The third kappa shape index (κ3) is 3.27. The van der Waals surface area contributed by atoms with Crippen LogP contribution < -0.4 is 5.32 Å². The van der Waals surface area contributed by atoms with E-state index in [1.54, 1.807) is 11.3 Å². The van der Waals surface area contributed by atoms with Gasteiger partial charge < -0.3 is 5.32 Å². The molecule has 4 rings (SSSR count). The van der Waals surface area contributed by atoms with E-state index in [0.29, 0.717) is 6.54 Å². The fourth-order valence-electron chi connectivity index (χ4n) is 4.30.